The summed E-state index contributed by atoms with van der Waals surface area (Å²) >= 11 is 11.8. The summed E-state index contributed by atoms with van der Waals surface area (Å²) in [5, 5.41) is 2.93. The molecule has 8 heteroatoms. The van der Waals surface area contributed by atoms with Crippen molar-refractivity contribution in [2.75, 3.05) is 0 Å². The molecule has 0 radical (unpaired) electrons. The third-order valence-corrected chi connectivity index (χ3v) is 4.43. The molecule has 1 saturated carbocycles. The average molecular weight is 367 g/mol. The number of nitrogens with one attached hydrogen (secondary N) is 1. The molecule has 0 aromatic heterocycles. The summed E-state index contributed by atoms with van der Waals surface area (Å²) in [6.45, 7) is -3.01. The molecule has 0 bridgehead atoms. The molecule has 1 aliphatic carbocycles. The van der Waals surface area contributed by atoms with Crippen molar-refractivity contribution in [3.05, 3.63) is 27.7 Å². The molecule has 0 spiro atoms. The highest BCUT2D eigenvalue weighted by atomic mass is 35.5. The van der Waals surface area contributed by atoms with Crippen molar-refractivity contribution in [3.63, 3.8) is 0 Å². The zero-order valence-corrected chi connectivity index (χ0v) is 13.8. The van der Waals surface area contributed by atoms with Gasteiger partial charge < -0.3 is 15.8 Å². The lowest BCUT2D eigenvalue weighted by atomic mass is 10.00. The second-order valence-corrected chi connectivity index (χ2v) is 6.43. The topological polar surface area (TPSA) is 64.4 Å². The molecule has 1 aromatic rings. The van der Waals surface area contributed by atoms with Gasteiger partial charge in [-0.25, -0.2) is 0 Å². The molecule has 0 saturated heterocycles. The Morgan fingerprint density at radius 1 is 1.39 bits per heavy atom. The summed E-state index contributed by atoms with van der Waals surface area (Å²) in [4.78, 5) is 12.0. The van der Waals surface area contributed by atoms with E-state index in [1.807, 2.05) is 0 Å². The number of alkyl halides is 2. The Morgan fingerprint density at radius 2 is 2.13 bits per heavy atom. The van der Waals surface area contributed by atoms with Crippen molar-refractivity contribution < 1.29 is 18.3 Å². The standard InChI is InChI=1S/C15H18Cl2F2N2O2/c16-10-4-9(14(11(17)6-10)23-15(18)19)7-21-13(22)5-8-2-1-3-12(8)20/h4,6,8,12,15H,1-3,5,7,20H2,(H,21,22)/t8-,12+/m0/s1. The van der Waals surface area contributed by atoms with Gasteiger partial charge in [0.25, 0.3) is 0 Å². The summed E-state index contributed by atoms with van der Waals surface area (Å²) in [5.41, 5.74) is 6.23. The van der Waals surface area contributed by atoms with Crippen LogP contribution in [0.25, 0.3) is 0 Å². The SMILES string of the molecule is N[C@@H]1CCC[C@H]1CC(=O)NCc1cc(Cl)cc(Cl)c1OC(F)F. The first-order valence-electron chi connectivity index (χ1n) is 7.32. The second-order valence-electron chi connectivity index (χ2n) is 5.59. The zero-order valence-electron chi connectivity index (χ0n) is 12.3. The van der Waals surface area contributed by atoms with E-state index in [2.05, 4.69) is 10.1 Å². The number of hydrogen-bond acceptors (Lipinski definition) is 3. The molecule has 1 aromatic carbocycles. The van der Waals surface area contributed by atoms with E-state index in [0.717, 1.165) is 19.3 Å². The summed E-state index contributed by atoms with van der Waals surface area (Å²) in [6, 6.07) is 2.79. The monoisotopic (exact) mass is 366 g/mol. The Bertz CT molecular complexity index is 573. The van der Waals surface area contributed by atoms with Crippen LogP contribution in [0, 0.1) is 5.92 Å². The number of ether oxygens (including phenoxy) is 1. The summed E-state index contributed by atoms with van der Waals surface area (Å²) < 4.78 is 29.4. The number of benzene rings is 1. The van der Waals surface area contributed by atoms with Gasteiger partial charge in [0.1, 0.15) is 5.75 Å². The zero-order chi connectivity index (χ0) is 17.0. The molecule has 0 unspecified atom stereocenters. The van der Waals surface area contributed by atoms with E-state index in [1.54, 1.807) is 0 Å². The Hall–Kier alpha value is -1.11. The molecule has 0 aliphatic heterocycles. The lowest BCUT2D eigenvalue weighted by Gasteiger charge is -2.16. The Kier molecular flexibility index (Phi) is 6.44. The van der Waals surface area contributed by atoms with Gasteiger partial charge in [-0.1, -0.05) is 29.6 Å². The first-order chi connectivity index (χ1) is 10.9. The molecule has 2 rings (SSSR count). The number of nitrogens with two attached hydrogens (primary N) is 1. The van der Waals surface area contributed by atoms with Gasteiger partial charge in [0, 0.05) is 29.6 Å². The van der Waals surface area contributed by atoms with E-state index in [4.69, 9.17) is 28.9 Å². The largest absolute Gasteiger partial charge is 0.433 e. The number of halogens is 4. The highest BCUT2D eigenvalue weighted by Gasteiger charge is 2.26. The van der Waals surface area contributed by atoms with Gasteiger partial charge in [-0.3, -0.25) is 4.79 Å². The molecular formula is C15H18Cl2F2N2O2. The van der Waals surface area contributed by atoms with Crippen LogP contribution in [0.3, 0.4) is 0 Å². The minimum absolute atomic E-state index is 0.00310. The third-order valence-electron chi connectivity index (χ3n) is 3.93. The van der Waals surface area contributed by atoms with Crippen LogP contribution < -0.4 is 15.8 Å². The van der Waals surface area contributed by atoms with Crippen molar-refractivity contribution in [3.8, 4) is 5.75 Å². The van der Waals surface area contributed by atoms with E-state index in [-0.39, 0.29) is 40.2 Å². The summed E-state index contributed by atoms with van der Waals surface area (Å²) in [7, 11) is 0. The first-order valence-corrected chi connectivity index (χ1v) is 8.07. The fourth-order valence-electron chi connectivity index (χ4n) is 2.79. The van der Waals surface area contributed by atoms with Crippen molar-refractivity contribution in [1.29, 1.82) is 0 Å². The molecule has 3 N–H and O–H groups in total. The highest BCUT2D eigenvalue weighted by molar-refractivity contribution is 6.35. The van der Waals surface area contributed by atoms with E-state index < -0.39 is 6.61 Å². The molecule has 23 heavy (non-hydrogen) atoms. The van der Waals surface area contributed by atoms with Crippen molar-refractivity contribution in [2.24, 2.45) is 11.7 Å². The predicted octanol–water partition coefficient (Wildman–Crippen LogP) is 3.73. The van der Waals surface area contributed by atoms with Crippen LogP contribution in [0.5, 0.6) is 5.75 Å². The molecule has 1 aliphatic rings. The summed E-state index contributed by atoms with van der Waals surface area (Å²) in [5.74, 6) is -0.204. The van der Waals surface area contributed by atoms with Gasteiger partial charge >= 0.3 is 6.61 Å². The smallest absolute Gasteiger partial charge is 0.387 e. The maximum absolute atomic E-state index is 12.5. The van der Waals surface area contributed by atoms with Gasteiger partial charge in [0.15, 0.2) is 0 Å². The molecule has 0 heterocycles. The van der Waals surface area contributed by atoms with E-state index in [0.29, 0.717) is 12.0 Å². The maximum atomic E-state index is 12.5. The number of carbonyl (C=O) groups excluding carboxylic acids is 1. The third kappa shape index (κ3) is 5.19. The highest BCUT2D eigenvalue weighted by Crippen LogP contribution is 2.33. The maximum Gasteiger partial charge on any atom is 0.387 e. The van der Waals surface area contributed by atoms with Gasteiger partial charge in [-0.15, -0.1) is 0 Å². The van der Waals surface area contributed by atoms with Crippen LogP contribution in [0.15, 0.2) is 12.1 Å². The number of rotatable bonds is 6. The quantitative estimate of drug-likeness (QED) is 0.805. The molecule has 128 valence electrons. The molecule has 1 fully saturated rings. The Labute approximate surface area is 143 Å². The minimum atomic E-state index is -3.01. The van der Waals surface area contributed by atoms with Crippen LogP contribution in [0.1, 0.15) is 31.2 Å². The van der Waals surface area contributed by atoms with E-state index in [1.165, 1.54) is 12.1 Å². The van der Waals surface area contributed by atoms with Crippen molar-refractivity contribution in [2.45, 2.75) is 44.9 Å². The number of hydrogen-bond donors (Lipinski definition) is 2. The fourth-order valence-corrected chi connectivity index (χ4v) is 3.37. The molecule has 1 amide bonds. The second kappa shape index (κ2) is 8.13. The molecule has 2 atom stereocenters. The normalized spacial score (nSPS) is 20.8. The van der Waals surface area contributed by atoms with Crippen molar-refractivity contribution >= 4 is 29.1 Å². The van der Waals surface area contributed by atoms with Gasteiger partial charge in [-0.2, -0.15) is 8.78 Å². The summed E-state index contributed by atoms with van der Waals surface area (Å²) in [6.07, 6.45) is 3.20. The van der Waals surface area contributed by atoms with Crippen LogP contribution in [-0.2, 0) is 11.3 Å². The lowest BCUT2D eigenvalue weighted by molar-refractivity contribution is -0.122. The number of amides is 1. The van der Waals surface area contributed by atoms with Crippen LogP contribution in [-0.4, -0.2) is 18.6 Å². The van der Waals surface area contributed by atoms with Gasteiger partial charge in [0.05, 0.1) is 5.02 Å². The number of carbonyl (C=O) groups is 1. The van der Waals surface area contributed by atoms with Gasteiger partial charge in [-0.05, 0) is 30.9 Å². The van der Waals surface area contributed by atoms with Crippen LogP contribution in [0.4, 0.5) is 8.78 Å². The first kappa shape index (κ1) is 18.2. The van der Waals surface area contributed by atoms with Gasteiger partial charge in [0.2, 0.25) is 5.91 Å². The predicted molar refractivity (Wildman–Crippen MR) is 84.9 cm³/mol. The van der Waals surface area contributed by atoms with Crippen molar-refractivity contribution in [1.82, 2.24) is 5.32 Å². The van der Waals surface area contributed by atoms with Crippen LogP contribution in [0.2, 0.25) is 10.0 Å². The molecular weight excluding hydrogens is 349 g/mol. The lowest BCUT2D eigenvalue weighted by Crippen LogP contribution is -2.31. The van der Waals surface area contributed by atoms with E-state index >= 15 is 0 Å². The Morgan fingerprint density at radius 3 is 2.74 bits per heavy atom. The minimum Gasteiger partial charge on any atom is -0.433 e. The van der Waals surface area contributed by atoms with Crippen LogP contribution >= 0.6 is 23.2 Å². The molecule has 4 nitrogen and oxygen atoms in total. The fraction of sp³-hybridized carbons (Fsp3) is 0.533. The Balaban J connectivity index is 2.00. The average Bonchev–Trinajstić information content (AvgIpc) is 2.85. The van der Waals surface area contributed by atoms with E-state index in [9.17, 15) is 13.6 Å².